The molecule has 0 aliphatic heterocycles. The molecule has 0 heterocycles. The molecule has 0 unspecified atom stereocenters. The molecule has 0 bridgehead atoms. The Balaban J connectivity index is 2.05. The summed E-state index contributed by atoms with van der Waals surface area (Å²) < 4.78 is 1.17. The molecule has 0 atom stereocenters. The zero-order valence-electron chi connectivity index (χ0n) is 13.1. The van der Waals surface area contributed by atoms with Crippen molar-refractivity contribution in [1.29, 1.82) is 0 Å². The fourth-order valence-electron chi connectivity index (χ4n) is 3.63. The molecule has 2 rings (SSSR count). The predicted octanol–water partition coefficient (Wildman–Crippen LogP) is 5.17. The Labute approximate surface area is 132 Å². The van der Waals surface area contributed by atoms with Crippen molar-refractivity contribution in [3.05, 3.63) is 34.3 Å². The van der Waals surface area contributed by atoms with Crippen molar-refractivity contribution in [3.8, 4) is 0 Å². The molecule has 1 aliphatic rings. The first-order valence-corrected chi connectivity index (χ1v) is 8.58. The van der Waals surface area contributed by atoms with Crippen molar-refractivity contribution in [1.82, 2.24) is 0 Å². The van der Waals surface area contributed by atoms with E-state index in [2.05, 4.69) is 61.0 Å². The summed E-state index contributed by atoms with van der Waals surface area (Å²) >= 11 is 3.57. The summed E-state index contributed by atoms with van der Waals surface area (Å²) in [5.41, 5.74) is 8.35. The molecular weight excluding hydrogens is 310 g/mol. The number of hydrogen-bond donors (Lipinski definition) is 1. The number of benzene rings is 1. The van der Waals surface area contributed by atoms with E-state index in [1.165, 1.54) is 35.7 Å². The molecule has 0 aromatic heterocycles. The molecule has 0 spiro atoms. The lowest BCUT2D eigenvalue weighted by atomic mass is 9.62. The fourth-order valence-corrected chi connectivity index (χ4v) is 4.08. The fraction of sp³-hybridized carbons (Fsp3) is 0.667. The predicted molar refractivity (Wildman–Crippen MR) is 90.7 cm³/mol. The van der Waals surface area contributed by atoms with Gasteiger partial charge in [-0.05, 0) is 73.1 Å². The minimum absolute atomic E-state index is 0.322. The standard InChI is InChI=1S/C18H28BrN/c1-17(2,3)15-7-9-18(13-20,10-8-15)12-14-5-4-6-16(19)11-14/h4-6,11,15H,7-10,12-13,20H2,1-3H3. The van der Waals surface area contributed by atoms with Gasteiger partial charge in [-0.2, -0.15) is 0 Å². The summed E-state index contributed by atoms with van der Waals surface area (Å²) in [6, 6.07) is 8.70. The van der Waals surface area contributed by atoms with Crippen LogP contribution in [-0.4, -0.2) is 6.54 Å². The first-order valence-electron chi connectivity index (χ1n) is 7.79. The highest BCUT2D eigenvalue weighted by atomic mass is 79.9. The van der Waals surface area contributed by atoms with Crippen molar-refractivity contribution < 1.29 is 0 Å². The van der Waals surface area contributed by atoms with Gasteiger partial charge < -0.3 is 5.73 Å². The van der Waals surface area contributed by atoms with Gasteiger partial charge in [0, 0.05) is 4.47 Å². The molecular formula is C18H28BrN. The van der Waals surface area contributed by atoms with Crippen LogP contribution in [0.2, 0.25) is 0 Å². The van der Waals surface area contributed by atoms with Gasteiger partial charge in [0.05, 0.1) is 0 Å². The Hall–Kier alpha value is -0.340. The van der Waals surface area contributed by atoms with E-state index in [0.717, 1.165) is 18.9 Å². The van der Waals surface area contributed by atoms with Gasteiger partial charge in [0.1, 0.15) is 0 Å². The summed E-state index contributed by atoms with van der Waals surface area (Å²) in [7, 11) is 0. The Kier molecular flexibility index (Phi) is 4.96. The Morgan fingerprint density at radius 1 is 1.25 bits per heavy atom. The number of nitrogens with two attached hydrogens (primary N) is 1. The summed E-state index contributed by atoms with van der Waals surface area (Å²) in [6.45, 7) is 7.95. The first-order chi connectivity index (χ1) is 9.35. The van der Waals surface area contributed by atoms with E-state index < -0.39 is 0 Å². The molecule has 0 saturated heterocycles. The van der Waals surface area contributed by atoms with Crippen LogP contribution in [0.4, 0.5) is 0 Å². The average molecular weight is 338 g/mol. The lowest BCUT2D eigenvalue weighted by Crippen LogP contribution is -2.39. The maximum Gasteiger partial charge on any atom is 0.0177 e. The van der Waals surface area contributed by atoms with Crippen molar-refractivity contribution >= 4 is 15.9 Å². The van der Waals surface area contributed by atoms with E-state index >= 15 is 0 Å². The van der Waals surface area contributed by atoms with Crippen LogP contribution in [0.1, 0.15) is 52.0 Å². The van der Waals surface area contributed by atoms with E-state index in [-0.39, 0.29) is 0 Å². The molecule has 2 N–H and O–H groups in total. The molecule has 1 aromatic carbocycles. The average Bonchev–Trinajstić information content (AvgIpc) is 2.38. The highest BCUT2D eigenvalue weighted by Crippen LogP contribution is 2.46. The lowest BCUT2D eigenvalue weighted by Gasteiger charge is -2.44. The topological polar surface area (TPSA) is 26.0 Å². The van der Waals surface area contributed by atoms with Crippen LogP contribution in [0.5, 0.6) is 0 Å². The second-order valence-corrected chi connectivity index (χ2v) is 8.57. The van der Waals surface area contributed by atoms with Crippen molar-refractivity contribution in [3.63, 3.8) is 0 Å². The van der Waals surface area contributed by atoms with Crippen LogP contribution < -0.4 is 5.73 Å². The molecule has 0 radical (unpaired) electrons. The first kappa shape index (κ1) is 16.0. The van der Waals surface area contributed by atoms with Crippen molar-refractivity contribution in [2.24, 2.45) is 22.5 Å². The van der Waals surface area contributed by atoms with Crippen LogP contribution in [-0.2, 0) is 6.42 Å². The molecule has 1 fully saturated rings. The molecule has 1 aliphatic carbocycles. The summed E-state index contributed by atoms with van der Waals surface area (Å²) in [4.78, 5) is 0. The van der Waals surface area contributed by atoms with Crippen LogP contribution in [0.15, 0.2) is 28.7 Å². The van der Waals surface area contributed by atoms with E-state index in [4.69, 9.17) is 5.73 Å². The molecule has 1 nitrogen and oxygen atoms in total. The zero-order valence-corrected chi connectivity index (χ0v) is 14.7. The molecule has 2 heteroatoms. The van der Waals surface area contributed by atoms with E-state index in [0.29, 0.717) is 10.8 Å². The van der Waals surface area contributed by atoms with E-state index in [1.807, 2.05) is 0 Å². The second kappa shape index (κ2) is 6.19. The van der Waals surface area contributed by atoms with Crippen LogP contribution in [0, 0.1) is 16.7 Å². The largest absolute Gasteiger partial charge is 0.330 e. The van der Waals surface area contributed by atoms with E-state index in [1.54, 1.807) is 0 Å². The van der Waals surface area contributed by atoms with Gasteiger partial charge in [0.15, 0.2) is 0 Å². The van der Waals surface area contributed by atoms with Gasteiger partial charge in [-0.25, -0.2) is 0 Å². The van der Waals surface area contributed by atoms with Gasteiger partial charge in [0.25, 0.3) is 0 Å². The van der Waals surface area contributed by atoms with Gasteiger partial charge in [-0.1, -0.05) is 48.8 Å². The summed E-state index contributed by atoms with van der Waals surface area (Å²) in [5.74, 6) is 0.852. The molecule has 20 heavy (non-hydrogen) atoms. The Morgan fingerprint density at radius 2 is 1.90 bits per heavy atom. The van der Waals surface area contributed by atoms with Gasteiger partial charge in [-0.15, -0.1) is 0 Å². The zero-order chi connectivity index (χ0) is 14.8. The molecule has 112 valence electrons. The summed E-state index contributed by atoms with van der Waals surface area (Å²) in [5, 5.41) is 0. The van der Waals surface area contributed by atoms with Gasteiger partial charge in [-0.3, -0.25) is 0 Å². The van der Waals surface area contributed by atoms with Crippen LogP contribution in [0.3, 0.4) is 0 Å². The highest BCUT2D eigenvalue weighted by molar-refractivity contribution is 9.10. The number of rotatable bonds is 3. The van der Waals surface area contributed by atoms with Crippen molar-refractivity contribution in [2.75, 3.05) is 6.54 Å². The molecule has 1 aromatic rings. The lowest BCUT2D eigenvalue weighted by molar-refractivity contribution is 0.0926. The minimum atomic E-state index is 0.322. The number of halogens is 1. The molecule has 1 saturated carbocycles. The van der Waals surface area contributed by atoms with Crippen molar-refractivity contribution in [2.45, 2.75) is 52.9 Å². The van der Waals surface area contributed by atoms with Crippen LogP contribution in [0.25, 0.3) is 0 Å². The maximum atomic E-state index is 6.17. The minimum Gasteiger partial charge on any atom is -0.330 e. The van der Waals surface area contributed by atoms with Gasteiger partial charge in [0.2, 0.25) is 0 Å². The SMILES string of the molecule is CC(C)(C)C1CCC(CN)(Cc2cccc(Br)c2)CC1. The van der Waals surface area contributed by atoms with E-state index in [9.17, 15) is 0 Å². The monoisotopic (exact) mass is 337 g/mol. The third kappa shape index (κ3) is 3.85. The second-order valence-electron chi connectivity index (χ2n) is 7.65. The molecule has 0 amide bonds. The normalized spacial score (nSPS) is 27.6. The smallest absolute Gasteiger partial charge is 0.0177 e. The summed E-state index contributed by atoms with van der Waals surface area (Å²) in [6.07, 6.45) is 6.33. The maximum absolute atomic E-state index is 6.17. The highest BCUT2D eigenvalue weighted by Gasteiger charge is 2.37. The third-order valence-electron chi connectivity index (χ3n) is 5.17. The van der Waals surface area contributed by atoms with Crippen LogP contribution >= 0.6 is 15.9 Å². The Bertz CT molecular complexity index is 439. The van der Waals surface area contributed by atoms with Gasteiger partial charge >= 0.3 is 0 Å². The Morgan fingerprint density at radius 3 is 2.40 bits per heavy atom. The number of hydrogen-bond acceptors (Lipinski definition) is 1. The third-order valence-corrected chi connectivity index (χ3v) is 5.67. The quantitative estimate of drug-likeness (QED) is 0.808.